The number of hydrogen-bond acceptors (Lipinski definition) is 3. The maximum absolute atomic E-state index is 11.2. The van der Waals surface area contributed by atoms with Gasteiger partial charge in [0.15, 0.2) is 0 Å². The largest absolute Gasteiger partial charge is 0.358 e. The van der Waals surface area contributed by atoms with Gasteiger partial charge < -0.3 is 4.98 Å². The van der Waals surface area contributed by atoms with E-state index in [4.69, 9.17) is 5.21 Å². The van der Waals surface area contributed by atoms with Gasteiger partial charge in [0.05, 0.1) is 0 Å². The van der Waals surface area contributed by atoms with Crippen molar-refractivity contribution in [3.63, 3.8) is 0 Å². The normalized spacial score (nSPS) is 14.8. The molecule has 5 nitrogen and oxygen atoms in total. The van der Waals surface area contributed by atoms with Gasteiger partial charge in [0, 0.05) is 35.8 Å². The lowest BCUT2D eigenvalue weighted by Gasteiger charge is -2.20. The first-order chi connectivity index (χ1) is 14.1. The third-order valence-corrected chi connectivity index (χ3v) is 5.79. The number of nitrogens with zero attached hydrogens (tertiary/aromatic N) is 1. The van der Waals surface area contributed by atoms with E-state index in [1.165, 1.54) is 39.4 Å². The monoisotopic (exact) mass is 389 g/mol. The van der Waals surface area contributed by atoms with Crippen molar-refractivity contribution in [3.05, 3.63) is 76.5 Å². The maximum atomic E-state index is 11.2. The smallest absolute Gasteiger partial charge is 0.267 e. The Morgan fingerprint density at radius 3 is 2.97 bits per heavy atom. The van der Waals surface area contributed by atoms with Gasteiger partial charge in [0.25, 0.3) is 5.91 Å². The Hall–Kier alpha value is -2.89. The number of para-hydroxylation sites is 1. The molecule has 0 saturated heterocycles. The van der Waals surface area contributed by atoms with E-state index in [2.05, 4.69) is 53.2 Å². The van der Waals surface area contributed by atoms with E-state index >= 15 is 0 Å². The first-order valence-corrected chi connectivity index (χ1v) is 10.2. The number of hydroxylamine groups is 1. The van der Waals surface area contributed by atoms with Crippen molar-refractivity contribution in [1.82, 2.24) is 15.4 Å². The number of aromatic amines is 1. The second-order valence-electron chi connectivity index (χ2n) is 7.74. The Morgan fingerprint density at radius 2 is 2.10 bits per heavy atom. The molecular weight excluding hydrogens is 362 g/mol. The van der Waals surface area contributed by atoms with E-state index < -0.39 is 5.91 Å². The van der Waals surface area contributed by atoms with E-state index in [1.807, 2.05) is 6.07 Å². The standard InChI is InChI=1S/C24H27N3O2/c1-17-21(22-6-2-3-7-23(22)25-17)12-14-27-13-4-5-19-15-18(8-10-20(19)16-27)9-11-24(28)26-29/h2-3,6-11,15,25,29H,4-5,12-14,16H2,1H3,(H,26,28). The van der Waals surface area contributed by atoms with Crippen molar-refractivity contribution in [2.45, 2.75) is 32.7 Å². The molecule has 5 heteroatoms. The lowest BCUT2D eigenvalue weighted by atomic mass is 10.0. The number of carbonyl (C=O) groups excluding carboxylic acids is 1. The summed E-state index contributed by atoms with van der Waals surface area (Å²) in [5.74, 6) is -0.515. The lowest BCUT2D eigenvalue weighted by molar-refractivity contribution is -0.124. The van der Waals surface area contributed by atoms with Gasteiger partial charge in [0.1, 0.15) is 0 Å². The Morgan fingerprint density at radius 1 is 1.24 bits per heavy atom. The highest BCUT2D eigenvalue weighted by atomic mass is 16.5. The predicted molar refractivity (Wildman–Crippen MR) is 116 cm³/mol. The second kappa shape index (κ2) is 8.64. The van der Waals surface area contributed by atoms with Crippen LogP contribution in [0.4, 0.5) is 0 Å². The van der Waals surface area contributed by atoms with Crippen LogP contribution in [0.2, 0.25) is 0 Å². The van der Waals surface area contributed by atoms with Crippen LogP contribution in [0.5, 0.6) is 0 Å². The average molecular weight is 389 g/mol. The van der Waals surface area contributed by atoms with Crippen molar-refractivity contribution in [2.24, 2.45) is 0 Å². The molecule has 0 spiro atoms. The van der Waals surface area contributed by atoms with Crippen molar-refractivity contribution in [1.29, 1.82) is 0 Å². The molecule has 0 saturated carbocycles. The third kappa shape index (κ3) is 4.42. The van der Waals surface area contributed by atoms with Crippen molar-refractivity contribution in [2.75, 3.05) is 13.1 Å². The second-order valence-corrected chi connectivity index (χ2v) is 7.74. The fourth-order valence-electron chi connectivity index (χ4n) is 4.28. The number of rotatable bonds is 5. The summed E-state index contributed by atoms with van der Waals surface area (Å²) in [7, 11) is 0. The highest BCUT2D eigenvalue weighted by molar-refractivity contribution is 5.90. The first kappa shape index (κ1) is 19.4. The van der Waals surface area contributed by atoms with Crippen LogP contribution in [0.15, 0.2) is 48.5 Å². The van der Waals surface area contributed by atoms with Gasteiger partial charge >= 0.3 is 0 Å². The predicted octanol–water partition coefficient (Wildman–Crippen LogP) is 3.99. The molecule has 3 N–H and O–H groups in total. The molecule has 1 aromatic heterocycles. The Balaban J connectivity index is 1.45. The number of benzene rings is 2. The number of H-pyrrole nitrogens is 1. The summed E-state index contributed by atoms with van der Waals surface area (Å²) < 4.78 is 0. The van der Waals surface area contributed by atoms with Crippen molar-refractivity contribution < 1.29 is 10.0 Å². The van der Waals surface area contributed by atoms with E-state index in [1.54, 1.807) is 11.6 Å². The zero-order valence-corrected chi connectivity index (χ0v) is 16.7. The molecule has 1 aliphatic heterocycles. The molecule has 0 unspecified atom stereocenters. The van der Waals surface area contributed by atoms with Crippen LogP contribution in [0.25, 0.3) is 17.0 Å². The number of hydrogen-bond donors (Lipinski definition) is 3. The van der Waals surface area contributed by atoms with Gasteiger partial charge in [-0.05, 0) is 67.1 Å². The Bertz CT molecular complexity index is 1050. The molecule has 1 amide bonds. The SMILES string of the molecule is Cc1[nH]c2ccccc2c1CCN1CCCc2cc(C=CC(=O)NO)ccc2C1. The summed E-state index contributed by atoms with van der Waals surface area (Å²) in [6.07, 6.45) is 6.29. The molecule has 1 aliphatic rings. The number of carbonyl (C=O) groups is 1. The average Bonchev–Trinajstić information content (AvgIpc) is 2.91. The molecule has 0 atom stereocenters. The molecule has 0 aliphatic carbocycles. The van der Waals surface area contributed by atoms with Gasteiger partial charge in [-0.1, -0.05) is 36.4 Å². The van der Waals surface area contributed by atoms with Crippen molar-refractivity contribution >= 4 is 22.9 Å². The summed E-state index contributed by atoms with van der Waals surface area (Å²) in [4.78, 5) is 17.2. The summed E-state index contributed by atoms with van der Waals surface area (Å²) >= 11 is 0. The third-order valence-electron chi connectivity index (χ3n) is 5.79. The molecule has 3 aromatic rings. The van der Waals surface area contributed by atoms with Gasteiger partial charge in [-0.2, -0.15) is 0 Å². The number of amides is 1. The van der Waals surface area contributed by atoms with Crippen LogP contribution < -0.4 is 5.48 Å². The van der Waals surface area contributed by atoms with E-state index in [9.17, 15) is 4.79 Å². The van der Waals surface area contributed by atoms with Crippen LogP contribution in [-0.2, 0) is 24.2 Å². The lowest BCUT2D eigenvalue weighted by Crippen LogP contribution is -2.25. The van der Waals surface area contributed by atoms with Crippen molar-refractivity contribution in [3.8, 4) is 0 Å². The summed E-state index contributed by atoms with van der Waals surface area (Å²) in [6, 6.07) is 14.9. The molecule has 2 heterocycles. The fourth-order valence-corrected chi connectivity index (χ4v) is 4.28. The number of aryl methyl sites for hydroxylation is 2. The molecule has 4 rings (SSSR count). The molecule has 29 heavy (non-hydrogen) atoms. The summed E-state index contributed by atoms with van der Waals surface area (Å²) in [6.45, 7) is 5.26. The highest BCUT2D eigenvalue weighted by Crippen LogP contribution is 2.24. The van der Waals surface area contributed by atoms with Crippen LogP contribution in [0.3, 0.4) is 0 Å². The zero-order valence-electron chi connectivity index (χ0n) is 16.7. The zero-order chi connectivity index (χ0) is 20.2. The van der Waals surface area contributed by atoms with Gasteiger partial charge in [-0.3, -0.25) is 14.9 Å². The molecule has 0 radical (unpaired) electrons. The van der Waals surface area contributed by atoms with Gasteiger partial charge in [0.2, 0.25) is 0 Å². The molecule has 0 bridgehead atoms. The molecule has 150 valence electrons. The minimum absolute atomic E-state index is 0.515. The van der Waals surface area contributed by atoms with E-state index in [-0.39, 0.29) is 0 Å². The highest BCUT2D eigenvalue weighted by Gasteiger charge is 2.16. The topological polar surface area (TPSA) is 68.4 Å². The first-order valence-electron chi connectivity index (χ1n) is 10.2. The number of nitrogens with one attached hydrogen (secondary N) is 2. The van der Waals surface area contributed by atoms with Crippen LogP contribution in [0.1, 0.15) is 34.4 Å². The molecular formula is C24H27N3O2. The summed E-state index contributed by atoms with van der Waals surface area (Å²) in [5, 5.41) is 9.94. The maximum Gasteiger partial charge on any atom is 0.267 e. The minimum Gasteiger partial charge on any atom is -0.358 e. The van der Waals surface area contributed by atoms with Crippen LogP contribution >= 0.6 is 0 Å². The number of aromatic nitrogens is 1. The molecule has 2 aromatic carbocycles. The van der Waals surface area contributed by atoms with Gasteiger partial charge in [-0.25, -0.2) is 5.48 Å². The fraction of sp³-hybridized carbons (Fsp3) is 0.292. The Labute approximate surface area is 171 Å². The Kier molecular flexibility index (Phi) is 5.79. The van der Waals surface area contributed by atoms with E-state index in [0.717, 1.165) is 44.5 Å². The van der Waals surface area contributed by atoms with Gasteiger partial charge in [-0.15, -0.1) is 0 Å². The molecule has 0 fully saturated rings. The quantitative estimate of drug-likeness (QED) is 0.351. The number of fused-ring (bicyclic) bond motifs is 2. The van der Waals surface area contributed by atoms with E-state index in [0.29, 0.717) is 0 Å². The summed E-state index contributed by atoms with van der Waals surface area (Å²) in [5.41, 5.74) is 9.22. The van der Waals surface area contributed by atoms with Crippen LogP contribution in [0, 0.1) is 6.92 Å². The minimum atomic E-state index is -0.515. The van der Waals surface area contributed by atoms with Crippen LogP contribution in [-0.4, -0.2) is 34.1 Å².